The van der Waals surface area contributed by atoms with Gasteiger partial charge in [-0.25, -0.2) is 0 Å². The van der Waals surface area contributed by atoms with Crippen molar-refractivity contribution < 1.29 is 19.1 Å². The number of piperazine rings is 1. The molecular formula is C22H25ClN2O4. The summed E-state index contributed by atoms with van der Waals surface area (Å²) < 4.78 is 11.0. The van der Waals surface area contributed by atoms with Crippen LogP contribution in [0.15, 0.2) is 48.5 Å². The molecule has 0 bridgehead atoms. The van der Waals surface area contributed by atoms with Gasteiger partial charge < -0.3 is 19.3 Å². The summed E-state index contributed by atoms with van der Waals surface area (Å²) in [6, 6.07) is 14.5. The third kappa shape index (κ3) is 6.12. The molecule has 1 fully saturated rings. The van der Waals surface area contributed by atoms with Crippen molar-refractivity contribution in [3.63, 3.8) is 0 Å². The zero-order valence-corrected chi connectivity index (χ0v) is 17.2. The van der Waals surface area contributed by atoms with Crippen LogP contribution in [0.5, 0.6) is 11.5 Å². The predicted molar refractivity (Wildman–Crippen MR) is 111 cm³/mol. The van der Waals surface area contributed by atoms with E-state index in [0.29, 0.717) is 50.0 Å². The number of carbonyl (C=O) groups is 2. The molecule has 3 rings (SSSR count). The van der Waals surface area contributed by atoms with Gasteiger partial charge in [-0.2, -0.15) is 0 Å². The Hall–Kier alpha value is -2.73. The van der Waals surface area contributed by atoms with Crippen LogP contribution in [0.2, 0.25) is 5.02 Å². The average Bonchev–Trinajstić information content (AvgIpc) is 2.75. The van der Waals surface area contributed by atoms with E-state index in [4.69, 9.17) is 21.1 Å². The second-order valence-corrected chi connectivity index (χ2v) is 7.19. The normalized spacial score (nSPS) is 13.9. The van der Waals surface area contributed by atoms with Crippen LogP contribution in [0, 0.1) is 0 Å². The lowest BCUT2D eigenvalue weighted by Crippen LogP contribution is -2.52. The Morgan fingerprint density at radius 2 is 1.34 bits per heavy atom. The molecular weight excluding hydrogens is 392 g/mol. The molecule has 0 aromatic heterocycles. The molecule has 0 saturated carbocycles. The van der Waals surface area contributed by atoms with Crippen LogP contribution < -0.4 is 9.47 Å². The van der Waals surface area contributed by atoms with E-state index in [1.807, 2.05) is 31.2 Å². The van der Waals surface area contributed by atoms with E-state index in [2.05, 4.69) is 0 Å². The zero-order chi connectivity index (χ0) is 20.6. The number of nitrogens with zero attached hydrogens (tertiary/aromatic N) is 2. The van der Waals surface area contributed by atoms with Gasteiger partial charge in [-0.05, 0) is 48.9 Å². The van der Waals surface area contributed by atoms with Crippen molar-refractivity contribution in [2.24, 2.45) is 0 Å². The second kappa shape index (κ2) is 10.2. The molecule has 1 heterocycles. The van der Waals surface area contributed by atoms with Crippen LogP contribution in [0.25, 0.3) is 0 Å². The molecule has 0 N–H and O–H groups in total. The summed E-state index contributed by atoms with van der Waals surface area (Å²) in [4.78, 5) is 28.4. The van der Waals surface area contributed by atoms with Gasteiger partial charge in [0, 0.05) is 31.2 Å². The highest BCUT2D eigenvalue weighted by atomic mass is 35.5. The van der Waals surface area contributed by atoms with Crippen LogP contribution in [-0.4, -0.2) is 61.0 Å². The Kier molecular flexibility index (Phi) is 7.36. The van der Waals surface area contributed by atoms with Gasteiger partial charge in [0.1, 0.15) is 11.5 Å². The number of amides is 2. The lowest BCUT2D eigenvalue weighted by molar-refractivity contribution is -0.140. The molecule has 7 heteroatoms. The fraction of sp³-hybridized carbons (Fsp3) is 0.364. The van der Waals surface area contributed by atoms with Crippen molar-refractivity contribution in [3.05, 3.63) is 59.1 Å². The molecule has 2 aromatic carbocycles. The topological polar surface area (TPSA) is 59.1 Å². The highest BCUT2D eigenvalue weighted by Gasteiger charge is 2.24. The summed E-state index contributed by atoms with van der Waals surface area (Å²) in [7, 11) is 0. The number of benzene rings is 2. The monoisotopic (exact) mass is 416 g/mol. The molecule has 0 atom stereocenters. The van der Waals surface area contributed by atoms with E-state index in [1.165, 1.54) is 0 Å². The van der Waals surface area contributed by atoms with E-state index in [9.17, 15) is 9.59 Å². The van der Waals surface area contributed by atoms with E-state index >= 15 is 0 Å². The zero-order valence-electron chi connectivity index (χ0n) is 16.5. The minimum absolute atomic E-state index is 0.0211. The van der Waals surface area contributed by atoms with Crippen LogP contribution in [-0.2, 0) is 16.0 Å². The largest absolute Gasteiger partial charge is 0.494 e. The second-order valence-electron chi connectivity index (χ2n) is 6.76. The Balaban J connectivity index is 1.41. The van der Waals surface area contributed by atoms with E-state index in [0.717, 1.165) is 11.3 Å². The highest BCUT2D eigenvalue weighted by Crippen LogP contribution is 2.18. The molecule has 0 spiro atoms. The first-order valence-corrected chi connectivity index (χ1v) is 10.1. The van der Waals surface area contributed by atoms with Gasteiger partial charge in [-0.3, -0.25) is 9.59 Å². The Morgan fingerprint density at radius 1 is 0.828 bits per heavy atom. The van der Waals surface area contributed by atoms with Crippen LogP contribution in [0.3, 0.4) is 0 Å². The molecule has 1 aliphatic heterocycles. The lowest BCUT2D eigenvalue weighted by atomic mass is 10.1. The van der Waals surface area contributed by atoms with Crippen molar-refractivity contribution in [1.82, 2.24) is 9.80 Å². The van der Waals surface area contributed by atoms with Gasteiger partial charge in [0.15, 0.2) is 6.61 Å². The molecule has 2 aromatic rings. The number of hydrogen-bond donors (Lipinski definition) is 0. The Morgan fingerprint density at radius 3 is 1.90 bits per heavy atom. The molecule has 6 nitrogen and oxygen atoms in total. The molecule has 1 saturated heterocycles. The summed E-state index contributed by atoms with van der Waals surface area (Å²) >= 11 is 5.88. The maximum absolute atomic E-state index is 12.5. The fourth-order valence-corrected chi connectivity index (χ4v) is 3.26. The van der Waals surface area contributed by atoms with Gasteiger partial charge in [0.25, 0.3) is 5.91 Å². The summed E-state index contributed by atoms with van der Waals surface area (Å²) in [6.45, 7) is 4.59. The first-order valence-electron chi connectivity index (χ1n) is 9.71. The molecule has 0 radical (unpaired) electrons. The summed E-state index contributed by atoms with van der Waals surface area (Å²) in [6.07, 6.45) is 0.339. The van der Waals surface area contributed by atoms with Crippen LogP contribution in [0.1, 0.15) is 12.5 Å². The molecule has 0 aliphatic carbocycles. The first kappa shape index (κ1) is 21.0. The maximum atomic E-state index is 12.5. The third-order valence-corrected chi connectivity index (χ3v) is 5.00. The molecule has 2 amide bonds. The SMILES string of the molecule is CCOc1ccc(OCC(=O)N2CCN(C(=O)Cc3ccc(Cl)cc3)CC2)cc1. The van der Waals surface area contributed by atoms with Gasteiger partial charge in [-0.15, -0.1) is 0 Å². The van der Waals surface area contributed by atoms with Crippen molar-refractivity contribution >= 4 is 23.4 Å². The summed E-state index contributed by atoms with van der Waals surface area (Å²) in [5.74, 6) is 1.37. The summed E-state index contributed by atoms with van der Waals surface area (Å²) in [5.41, 5.74) is 0.932. The molecule has 0 unspecified atom stereocenters. The van der Waals surface area contributed by atoms with E-state index in [-0.39, 0.29) is 18.4 Å². The van der Waals surface area contributed by atoms with Gasteiger partial charge in [0.05, 0.1) is 13.0 Å². The molecule has 154 valence electrons. The fourth-order valence-electron chi connectivity index (χ4n) is 3.13. The van der Waals surface area contributed by atoms with E-state index in [1.54, 1.807) is 34.1 Å². The highest BCUT2D eigenvalue weighted by molar-refractivity contribution is 6.30. The number of carbonyl (C=O) groups excluding carboxylic acids is 2. The Bertz CT molecular complexity index is 816. The van der Waals surface area contributed by atoms with Crippen molar-refractivity contribution in [2.75, 3.05) is 39.4 Å². The molecule has 1 aliphatic rings. The smallest absolute Gasteiger partial charge is 0.260 e. The number of halogens is 1. The van der Waals surface area contributed by atoms with Crippen molar-refractivity contribution in [2.45, 2.75) is 13.3 Å². The van der Waals surface area contributed by atoms with E-state index < -0.39 is 0 Å². The van der Waals surface area contributed by atoms with Crippen molar-refractivity contribution in [3.8, 4) is 11.5 Å². The predicted octanol–water partition coefficient (Wildman–Crippen LogP) is 3.03. The van der Waals surface area contributed by atoms with Crippen molar-refractivity contribution in [1.29, 1.82) is 0 Å². The van der Waals surface area contributed by atoms with Crippen LogP contribution in [0.4, 0.5) is 0 Å². The maximum Gasteiger partial charge on any atom is 0.260 e. The molecule has 29 heavy (non-hydrogen) atoms. The minimum atomic E-state index is -0.0799. The third-order valence-electron chi connectivity index (χ3n) is 4.75. The first-order chi connectivity index (χ1) is 14.0. The lowest BCUT2D eigenvalue weighted by Gasteiger charge is -2.34. The standard InChI is InChI=1S/C22H25ClN2O4/c1-2-28-19-7-9-20(10-8-19)29-16-22(27)25-13-11-24(12-14-25)21(26)15-17-3-5-18(23)6-4-17/h3-10H,2,11-16H2,1H3. The van der Waals surface area contributed by atoms with Gasteiger partial charge in [0.2, 0.25) is 5.91 Å². The number of hydrogen-bond acceptors (Lipinski definition) is 4. The number of ether oxygens (including phenoxy) is 2. The minimum Gasteiger partial charge on any atom is -0.494 e. The summed E-state index contributed by atoms with van der Waals surface area (Å²) in [5, 5.41) is 0.654. The number of rotatable bonds is 7. The van der Waals surface area contributed by atoms with Gasteiger partial charge in [-0.1, -0.05) is 23.7 Å². The quantitative estimate of drug-likeness (QED) is 0.696. The Labute approximate surface area is 176 Å². The van der Waals surface area contributed by atoms with Gasteiger partial charge >= 0.3 is 0 Å². The average molecular weight is 417 g/mol. The van der Waals surface area contributed by atoms with Crippen LogP contribution >= 0.6 is 11.6 Å².